The summed E-state index contributed by atoms with van der Waals surface area (Å²) in [7, 11) is 0. The molecule has 0 saturated carbocycles. The number of carbonyl (C=O) groups is 3. The van der Waals surface area contributed by atoms with E-state index in [0.29, 0.717) is 0 Å². The van der Waals surface area contributed by atoms with Crippen LogP contribution in [0.2, 0.25) is 0 Å². The molecule has 204 valence electrons. The number of imide groups is 1. The molecule has 0 N–H and O–H groups in total. The fourth-order valence-corrected chi connectivity index (χ4v) is 5.96. The van der Waals surface area contributed by atoms with Gasteiger partial charge in [0.2, 0.25) is 5.91 Å². The van der Waals surface area contributed by atoms with E-state index in [-0.39, 0.29) is 37.5 Å². The van der Waals surface area contributed by atoms with Crippen molar-refractivity contribution in [2.75, 3.05) is 13.2 Å². The first kappa shape index (κ1) is 26.9. The second-order valence-electron chi connectivity index (χ2n) is 10.8. The molecule has 7 heteroatoms. The zero-order valence-electron chi connectivity index (χ0n) is 22.8. The van der Waals surface area contributed by atoms with E-state index < -0.39 is 35.6 Å². The predicted molar refractivity (Wildman–Crippen MR) is 147 cm³/mol. The predicted octanol–water partition coefficient (Wildman–Crippen LogP) is 5.71. The monoisotopic (exact) mass is 529 g/mol. The Morgan fingerprint density at radius 1 is 1.03 bits per heavy atom. The number of carbonyl (C=O) groups excluding carboxylic acids is 3. The van der Waals surface area contributed by atoms with E-state index in [1.165, 1.54) is 4.90 Å². The van der Waals surface area contributed by atoms with Crippen molar-refractivity contribution in [3.63, 3.8) is 0 Å². The Morgan fingerprint density at radius 2 is 1.72 bits per heavy atom. The average Bonchev–Trinajstić information content (AvgIpc) is 3.47. The Balaban J connectivity index is 1.64. The first-order valence-corrected chi connectivity index (χ1v) is 13.6. The van der Waals surface area contributed by atoms with Crippen molar-refractivity contribution in [2.24, 2.45) is 17.8 Å². The summed E-state index contributed by atoms with van der Waals surface area (Å²) in [4.78, 5) is 42.2. The standard InChI is InChI=1S/C32H35NO6/c1-5-37-30(35)32(18-22-11-7-6-8-12-22)21(4)27(29(34)33-26(20(2)3)19-38-31(33)36)28(39-32)25-16-15-23-13-9-10-14-24(23)17-25/h6-17,20-21,26-28H,5,18-19H2,1-4H3. The zero-order chi connectivity index (χ0) is 27.7. The first-order valence-electron chi connectivity index (χ1n) is 13.6. The third kappa shape index (κ3) is 4.80. The quantitative estimate of drug-likeness (QED) is 0.365. The number of fused-ring (bicyclic) bond motifs is 1. The second-order valence-corrected chi connectivity index (χ2v) is 10.8. The molecule has 0 aliphatic carbocycles. The molecule has 2 fully saturated rings. The van der Waals surface area contributed by atoms with E-state index in [2.05, 4.69) is 0 Å². The fraction of sp³-hybridized carbons (Fsp3) is 0.406. The van der Waals surface area contributed by atoms with Crippen LogP contribution < -0.4 is 0 Å². The van der Waals surface area contributed by atoms with Gasteiger partial charge in [-0.2, -0.15) is 0 Å². The van der Waals surface area contributed by atoms with Gasteiger partial charge in [-0.15, -0.1) is 0 Å². The Morgan fingerprint density at radius 3 is 2.41 bits per heavy atom. The van der Waals surface area contributed by atoms with Gasteiger partial charge in [0.1, 0.15) is 6.61 Å². The molecule has 39 heavy (non-hydrogen) atoms. The lowest BCUT2D eigenvalue weighted by Crippen LogP contribution is -2.50. The van der Waals surface area contributed by atoms with Crippen LogP contribution in [0.4, 0.5) is 4.79 Å². The minimum Gasteiger partial charge on any atom is -0.464 e. The van der Waals surface area contributed by atoms with Crippen LogP contribution in [-0.4, -0.2) is 47.7 Å². The van der Waals surface area contributed by atoms with Crippen molar-refractivity contribution in [2.45, 2.75) is 51.9 Å². The van der Waals surface area contributed by atoms with Crippen LogP contribution in [0, 0.1) is 17.8 Å². The Bertz CT molecular complexity index is 1370. The molecule has 2 amide bonds. The maximum absolute atomic E-state index is 14.3. The summed E-state index contributed by atoms with van der Waals surface area (Å²) >= 11 is 0. The zero-order valence-corrected chi connectivity index (χ0v) is 22.8. The molecule has 2 saturated heterocycles. The number of rotatable bonds is 7. The number of hydrogen-bond donors (Lipinski definition) is 0. The van der Waals surface area contributed by atoms with Crippen molar-refractivity contribution in [3.8, 4) is 0 Å². The lowest BCUT2D eigenvalue weighted by Gasteiger charge is -2.32. The average molecular weight is 530 g/mol. The van der Waals surface area contributed by atoms with E-state index in [1.54, 1.807) is 6.92 Å². The molecule has 7 nitrogen and oxygen atoms in total. The Hall–Kier alpha value is -3.71. The molecule has 5 unspecified atom stereocenters. The van der Waals surface area contributed by atoms with Crippen LogP contribution in [0.1, 0.15) is 44.9 Å². The highest BCUT2D eigenvalue weighted by Gasteiger charge is 2.62. The van der Waals surface area contributed by atoms with Crippen molar-refractivity contribution in [3.05, 3.63) is 83.9 Å². The van der Waals surface area contributed by atoms with Crippen molar-refractivity contribution >= 4 is 28.7 Å². The minimum atomic E-state index is -1.43. The fourth-order valence-electron chi connectivity index (χ4n) is 5.96. The number of amides is 2. The molecule has 0 spiro atoms. The number of ether oxygens (including phenoxy) is 3. The molecule has 3 aromatic carbocycles. The number of cyclic esters (lactones) is 1. The topological polar surface area (TPSA) is 82.1 Å². The largest absolute Gasteiger partial charge is 0.464 e. The third-order valence-electron chi connectivity index (χ3n) is 8.17. The van der Waals surface area contributed by atoms with Gasteiger partial charge >= 0.3 is 12.1 Å². The van der Waals surface area contributed by atoms with E-state index in [0.717, 1.165) is 21.9 Å². The van der Waals surface area contributed by atoms with Gasteiger partial charge in [0.15, 0.2) is 5.60 Å². The van der Waals surface area contributed by atoms with Gasteiger partial charge in [-0.05, 0) is 40.8 Å². The van der Waals surface area contributed by atoms with Crippen molar-refractivity contribution in [1.29, 1.82) is 0 Å². The van der Waals surface area contributed by atoms with E-state index in [9.17, 15) is 14.4 Å². The van der Waals surface area contributed by atoms with E-state index >= 15 is 0 Å². The molecule has 5 atom stereocenters. The van der Waals surface area contributed by atoms with Gasteiger partial charge < -0.3 is 14.2 Å². The summed E-state index contributed by atoms with van der Waals surface area (Å²) in [6.45, 7) is 7.86. The van der Waals surface area contributed by atoms with E-state index in [1.807, 2.05) is 93.6 Å². The van der Waals surface area contributed by atoms with Gasteiger partial charge in [-0.1, -0.05) is 87.5 Å². The molecule has 2 heterocycles. The van der Waals surface area contributed by atoms with Gasteiger partial charge in [0.05, 0.1) is 24.7 Å². The molecule has 2 aliphatic rings. The SMILES string of the molecule is CCOC(=O)C1(Cc2ccccc2)OC(c2ccc3ccccc3c2)C(C(=O)N2C(=O)OCC2C(C)C)C1C. The van der Waals surface area contributed by atoms with Crippen LogP contribution in [-0.2, 0) is 30.2 Å². The Kier molecular flexibility index (Phi) is 7.45. The lowest BCUT2D eigenvalue weighted by atomic mass is 9.75. The van der Waals surface area contributed by atoms with E-state index in [4.69, 9.17) is 14.2 Å². The van der Waals surface area contributed by atoms with Crippen LogP contribution in [0.5, 0.6) is 0 Å². The van der Waals surface area contributed by atoms with Crippen LogP contribution in [0.25, 0.3) is 10.8 Å². The van der Waals surface area contributed by atoms with Crippen LogP contribution in [0.15, 0.2) is 72.8 Å². The van der Waals surface area contributed by atoms with Crippen LogP contribution in [0.3, 0.4) is 0 Å². The van der Waals surface area contributed by atoms with Gasteiger partial charge in [-0.3, -0.25) is 4.79 Å². The number of esters is 1. The molecule has 3 aromatic rings. The summed E-state index contributed by atoms with van der Waals surface area (Å²) < 4.78 is 17.7. The van der Waals surface area contributed by atoms with Crippen molar-refractivity contribution in [1.82, 2.24) is 4.90 Å². The maximum Gasteiger partial charge on any atom is 0.416 e. The second kappa shape index (κ2) is 10.8. The smallest absolute Gasteiger partial charge is 0.416 e. The highest BCUT2D eigenvalue weighted by molar-refractivity contribution is 5.96. The number of nitrogens with zero attached hydrogens (tertiary/aromatic N) is 1. The maximum atomic E-state index is 14.3. The first-order chi connectivity index (χ1) is 18.8. The molecule has 5 rings (SSSR count). The lowest BCUT2D eigenvalue weighted by molar-refractivity contribution is -0.174. The normalized spacial score (nSPS) is 26.7. The number of hydrogen-bond acceptors (Lipinski definition) is 6. The highest BCUT2D eigenvalue weighted by Crippen LogP contribution is 2.52. The Labute approximate surface area is 229 Å². The molecular formula is C32H35NO6. The van der Waals surface area contributed by atoms with Crippen molar-refractivity contribution < 1.29 is 28.6 Å². The van der Waals surface area contributed by atoms with Gasteiger partial charge in [-0.25, -0.2) is 14.5 Å². The highest BCUT2D eigenvalue weighted by atomic mass is 16.6. The molecule has 0 bridgehead atoms. The third-order valence-corrected chi connectivity index (χ3v) is 8.17. The van der Waals surface area contributed by atoms with Gasteiger partial charge in [0.25, 0.3) is 0 Å². The molecule has 0 aromatic heterocycles. The summed E-state index contributed by atoms with van der Waals surface area (Å²) in [5.74, 6) is -2.29. The summed E-state index contributed by atoms with van der Waals surface area (Å²) in [5, 5.41) is 2.05. The van der Waals surface area contributed by atoms with Crippen LogP contribution >= 0.6 is 0 Å². The summed E-state index contributed by atoms with van der Waals surface area (Å²) in [6, 6.07) is 23.1. The molecular weight excluding hydrogens is 494 g/mol. The number of benzene rings is 3. The van der Waals surface area contributed by atoms with Gasteiger partial charge in [0, 0.05) is 12.3 Å². The minimum absolute atomic E-state index is 0.0104. The molecule has 2 aliphatic heterocycles. The summed E-state index contributed by atoms with van der Waals surface area (Å²) in [5.41, 5.74) is 0.237. The molecule has 0 radical (unpaired) electrons. The summed E-state index contributed by atoms with van der Waals surface area (Å²) in [6.07, 6.45) is -1.19.